The first kappa shape index (κ1) is 15.2. The predicted molar refractivity (Wildman–Crippen MR) is 66.0 cm³/mol. The summed E-state index contributed by atoms with van der Waals surface area (Å²) in [6.07, 6.45) is -4.90. The van der Waals surface area contributed by atoms with Gasteiger partial charge >= 0.3 is 6.18 Å². The van der Waals surface area contributed by atoms with Gasteiger partial charge in [0.15, 0.2) is 5.78 Å². The summed E-state index contributed by atoms with van der Waals surface area (Å²) >= 11 is 0. The monoisotopic (exact) mass is 300 g/mol. The number of benzene rings is 2. The van der Waals surface area contributed by atoms with Crippen LogP contribution in [-0.2, 0) is 6.18 Å². The van der Waals surface area contributed by atoms with Crippen molar-refractivity contribution in [2.24, 2.45) is 0 Å². The first-order valence-electron chi connectivity index (χ1n) is 5.88. The molecule has 0 amide bonds. The Morgan fingerprint density at radius 3 is 2.29 bits per heavy atom. The van der Waals surface area contributed by atoms with Gasteiger partial charge in [-0.15, -0.1) is 0 Å². The molecule has 0 unspecified atom stereocenters. The summed E-state index contributed by atoms with van der Waals surface area (Å²) in [7, 11) is 0. The van der Waals surface area contributed by atoms with Crippen molar-refractivity contribution in [2.75, 3.05) is 0 Å². The third-order valence-electron chi connectivity index (χ3n) is 2.98. The minimum atomic E-state index is -4.90. The molecule has 110 valence electrons. The maximum atomic E-state index is 13.8. The van der Waals surface area contributed by atoms with E-state index in [1.807, 2.05) is 0 Å². The lowest BCUT2D eigenvalue weighted by molar-refractivity contribution is -0.140. The molecule has 0 aliphatic heterocycles. The van der Waals surface area contributed by atoms with Crippen LogP contribution in [-0.4, -0.2) is 5.78 Å². The van der Waals surface area contributed by atoms with E-state index in [0.29, 0.717) is 6.07 Å². The highest BCUT2D eigenvalue weighted by Gasteiger charge is 2.35. The molecule has 0 aliphatic rings. The smallest absolute Gasteiger partial charge is 0.288 e. The third-order valence-corrected chi connectivity index (χ3v) is 2.98. The molecule has 0 bridgehead atoms. The largest absolute Gasteiger partial charge is 0.419 e. The van der Waals surface area contributed by atoms with Crippen LogP contribution >= 0.6 is 0 Å². The molecular formula is C15H9F5O. The fourth-order valence-electron chi connectivity index (χ4n) is 1.82. The summed E-state index contributed by atoms with van der Waals surface area (Å²) in [5, 5.41) is 0. The van der Waals surface area contributed by atoms with Gasteiger partial charge < -0.3 is 0 Å². The van der Waals surface area contributed by atoms with E-state index in [0.717, 1.165) is 18.2 Å². The van der Waals surface area contributed by atoms with Gasteiger partial charge in [0.25, 0.3) is 0 Å². The van der Waals surface area contributed by atoms with Crippen molar-refractivity contribution >= 4 is 5.78 Å². The SMILES string of the molecule is Cc1ccc(C(=O)c2cccc(C(F)(F)F)c2F)cc1F. The van der Waals surface area contributed by atoms with Crippen molar-refractivity contribution < 1.29 is 26.7 Å². The quantitative estimate of drug-likeness (QED) is 0.588. The van der Waals surface area contributed by atoms with Gasteiger partial charge in [0.1, 0.15) is 11.6 Å². The molecule has 0 fully saturated rings. The summed E-state index contributed by atoms with van der Waals surface area (Å²) in [6, 6.07) is 5.82. The molecule has 0 saturated carbocycles. The van der Waals surface area contributed by atoms with Crippen LogP contribution < -0.4 is 0 Å². The Balaban J connectivity index is 2.51. The van der Waals surface area contributed by atoms with E-state index in [1.165, 1.54) is 19.1 Å². The van der Waals surface area contributed by atoms with E-state index >= 15 is 0 Å². The molecule has 0 aliphatic carbocycles. The molecule has 2 aromatic carbocycles. The number of hydrogen-bond donors (Lipinski definition) is 0. The van der Waals surface area contributed by atoms with E-state index in [4.69, 9.17) is 0 Å². The maximum absolute atomic E-state index is 13.8. The van der Waals surface area contributed by atoms with E-state index in [2.05, 4.69) is 0 Å². The van der Waals surface area contributed by atoms with Crippen molar-refractivity contribution in [3.63, 3.8) is 0 Å². The zero-order valence-corrected chi connectivity index (χ0v) is 10.8. The molecule has 0 spiro atoms. The lowest BCUT2D eigenvalue weighted by atomic mass is 9.99. The molecule has 0 radical (unpaired) electrons. The van der Waals surface area contributed by atoms with Crippen LogP contribution in [0.5, 0.6) is 0 Å². The van der Waals surface area contributed by atoms with Gasteiger partial charge in [-0.2, -0.15) is 13.2 Å². The minimum absolute atomic E-state index is 0.212. The molecule has 2 aromatic rings. The molecule has 0 atom stereocenters. The van der Waals surface area contributed by atoms with Gasteiger partial charge in [0.05, 0.1) is 11.1 Å². The molecule has 0 aromatic heterocycles. The number of carbonyl (C=O) groups is 1. The second kappa shape index (κ2) is 5.27. The van der Waals surface area contributed by atoms with Gasteiger partial charge in [-0.05, 0) is 30.7 Å². The highest BCUT2D eigenvalue weighted by molar-refractivity contribution is 6.09. The molecular weight excluding hydrogens is 291 g/mol. The van der Waals surface area contributed by atoms with Crippen LogP contribution in [0.4, 0.5) is 22.0 Å². The van der Waals surface area contributed by atoms with Crippen molar-refractivity contribution in [1.82, 2.24) is 0 Å². The average molecular weight is 300 g/mol. The van der Waals surface area contributed by atoms with Crippen LogP contribution in [0, 0.1) is 18.6 Å². The van der Waals surface area contributed by atoms with Gasteiger partial charge in [-0.3, -0.25) is 4.79 Å². The molecule has 6 heteroatoms. The predicted octanol–water partition coefficient (Wildman–Crippen LogP) is 4.52. The summed E-state index contributed by atoms with van der Waals surface area (Å²) in [6.45, 7) is 1.47. The third kappa shape index (κ3) is 2.94. The molecule has 2 rings (SSSR count). The van der Waals surface area contributed by atoms with E-state index < -0.39 is 34.7 Å². The summed E-state index contributed by atoms with van der Waals surface area (Å²) < 4.78 is 65.0. The maximum Gasteiger partial charge on any atom is 0.419 e. The summed E-state index contributed by atoms with van der Waals surface area (Å²) in [4.78, 5) is 12.0. The number of carbonyl (C=O) groups excluding carboxylic acids is 1. The van der Waals surface area contributed by atoms with E-state index in [1.54, 1.807) is 0 Å². The second-order valence-corrected chi connectivity index (χ2v) is 4.46. The Morgan fingerprint density at radius 1 is 1.05 bits per heavy atom. The van der Waals surface area contributed by atoms with Gasteiger partial charge in [-0.25, -0.2) is 8.78 Å². The molecule has 21 heavy (non-hydrogen) atoms. The van der Waals surface area contributed by atoms with Gasteiger partial charge in [-0.1, -0.05) is 18.2 Å². The molecule has 0 saturated heterocycles. The lowest BCUT2D eigenvalue weighted by Gasteiger charge is -2.10. The zero-order valence-electron chi connectivity index (χ0n) is 10.8. The normalized spacial score (nSPS) is 11.5. The standard InChI is InChI=1S/C15H9F5O/c1-8-5-6-9(7-12(8)16)14(21)10-3-2-4-11(13(10)17)15(18,19)20/h2-7H,1H3. The Kier molecular flexibility index (Phi) is 3.80. The van der Waals surface area contributed by atoms with E-state index in [9.17, 15) is 26.7 Å². The Hall–Kier alpha value is -2.24. The van der Waals surface area contributed by atoms with Crippen molar-refractivity contribution in [2.45, 2.75) is 13.1 Å². The molecule has 1 nitrogen and oxygen atoms in total. The second-order valence-electron chi connectivity index (χ2n) is 4.46. The summed E-state index contributed by atoms with van der Waals surface area (Å²) in [5.41, 5.74) is -2.21. The fourth-order valence-corrected chi connectivity index (χ4v) is 1.82. The number of rotatable bonds is 2. The van der Waals surface area contributed by atoms with Crippen LogP contribution in [0.3, 0.4) is 0 Å². The lowest BCUT2D eigenvalue weighted by Crippen LogP contribution is -2.13. The van der Waals surface area contributed by atoms with Crippen molar-refractivity contribution in [3.05, 3.63) is 70.3 Å². The number of halogens is 5. The summed E-state index contributed by atoms with van der Waals surface area (Å²) in [5.74, 6) is -3.35. The van der Waals surface area contributed by atoms with Crippen molar-refractivity contribution in [1.29, 1.82) is 0 Å². The highest BCUT2D eigenvalue weighted by atomic mass is 19.4. The molecule has 0 N–H and O–H groups in total. The first-order chi connectivity index (χ1) is 9.71. The topological polar surface area (TPSA) is 17.1 Å². The number of ketones is 1. The van der Waals surface area contributed by atoms with Gasteiger partial charge in [0, 0.05) is 5.56 Å². The van der Waals surface area contributed by atoms with Crippen LogP contribution in [0.2, 0.25) is 0 Å². The fraction of sp³-hybridized carbons (Fsp3) is 0.133. The Bertz CT molecular complexity index is 704. The number of hydrogen-bond acceptors (Lipinski definition) is 1. The first-order valence-corrected chi connectivity index (χ1v) is 5.88. The number of aryl methyl sites for hydroxylation is 1. The highest BCUT2D eigenvalue weighted by Crippen LogP contribution is 2.33. The Morgan fingerprint density at radius 2 is 1.71 bits per heavy atom. The molecule has 0 heterocycles. The Labute approximate surface area is 117 Å². The number of alkyl halides is 3. The zero-order chi connectivity index (χ0) is 15.8. The minimum Gasteiger partial charge on any atom is -0.288 e. The van der Waals surface area contributed by atoms with Crippen LogP contribution in [0.15, 0.2) is 36.4 Å². The average Bonchev–Trinajstić information content (AvgIpc) is 2.40. The van der Waals surface area contributed by atoms with Gasteiger partial charge in [0.2, 0.25) is 0 Å². The van der Waals surface area contributed by atoms with E-state index in [-0.39, 0.29) is 11.1 Å². The van der Waals surface area contributed by atoms with Crippen molar-refractivity contribution in [3.8, 4) is 0 Å². The van der Waals surface area contributed by atoms with Crippen LogP contribution in [0.25, 0.3) is 0 Å². The van der Waals surface area contributed by atoms with Crippen LogP contribution in [0.1, 0.15) is 27.0 Å².